The number of amides is 2. The lowest BCUT2D eigenvalue weighted by Gasteiger charge is -2.43. The number of pyridine rings is 1. The molecule has 2 aliphatic rings. The van der Waals surface area contributed by atoms with Crippen molar-refractivity contribution in [2.45, 2.75) is 44.9 Å². The molecule has 8 nitrogen and oxygen atoms in total. The molecule has 162 valence electrons. The number of hydrogen-bond donors (Lipinski definition) is 2. The van der Waals surface area contributed by atoms with Gasteiger partial charge in [-0.25, -0.2) is 8.78 Å². The average Bonchev–Trinajstić information content (AvgIpc) is 2.72. The van der Waals surface area contributed by atoms with Gasteiger partial charge in [0.15, 0.2) is 17.2 Å². The molecule has 10 heteroatoms. The molecule has 0 aliphatic carbocycles. The Labute approximate surface area is 175 Å². The molecule has 1 fully saturated rings. The van der Waals surface area contributed by atoms with E-state index in [0.717, 1.165) is 18.3 Å². The van der Waals surface area contributed by atoms with Crippen molar-refractivity contribution in [2.75, 3.05) is 0 Å². The maximum atomic E-state index is 13.8. The number of ketones is 1. The predicted molar refractivity (Wildman–Crippen MR) is 104 cm³/mol. The normalized spacial score (nSPS) is 20.3. The number of aromatic nitrogens is 1. The SMILES string of the molecule is C[C@@H]1CCC(=O)[C@@H]2Cn3cc(C(=O)NCc4ccc(F)cc4F)c(=O)c(O)c3C(=O)N12. The number of aromatic hydroxyl groups is 1. The van der Waals surface area contributed by atoms with Gasteiger partial charge in [0.05, 0.1) is 6.54 Å². The summed E-state index contributed by atoms with van der Waals surface area (Å²) in [5.41, 5.74) is -1.78. The number of nitrogens with one attached hydrogen (secondary N) is 1. The van der Waals surface area contributed by atoms with E-state index in [1.807, 2.05) is 0 Å². The van der Waals surface area contributed by atoms with Crippen LogP contribution in [-0.2, 0) is 17.9 Å². The molecule has 2 aliphatic heterocycles. The Morgan fingerprint density at radius 1 is 1.26 bits per heavy atom. The van der Waals surface area contributed by atoms with Crippen LogP contribution in [0.2, 0.25) is 0 Å². The van der Waals surface area contributed by atoms with Crippen molar-refractivity contribution < 1.29 is 28.3 Å². The maximum Gasteiger partial charge on any atom is 0.275 e. The van der Waals surface area contributed by atoms with Gasteiger partial charge in [-0.15, -0.1) is 0 Å². The van der Waals surface area contributed by atoms with Crippen LogP contribution < -0.4 is 10.7 Å². The van der Waals surface area contributed by atoms with Gasteiger partial charge in [-0.1, -0.05) is 6.07 Å². The predicted octanol–water partition coefficient (Wildman–Crippen LogP) is 1.34. The van der Waals surface area contributed by atoms with Gasteiger partial charge in [0.1, 0.15) is 23.2 Å². The Bertz CT molecular complexity index is 1180. The summed E-state index contributed by atoms with van der Waals surface area (Å²) in [4.78, 5) is 51.7. The molecule has 0 unspecified atom stereocenters. The van der Waals surface area contributed by atoms with Crippen molar-refractivity contribution in [3.63, 3.8) is 0 Å². The molecular weight excluding hydrogens is 412 g/mol. The van der Waals surface area contributed by atoms with E-state index in [1.165, 1.54) is 9.47 Å². The van der Waals surface area contributed by atoms with E-state index in [4.69, 9.17) is 0 Å². The van der Waals surface area contributed by atoms with Gasteiger partial charge in [0, 0.05) is 36.8 Å². The first-order chi connectivity index (χ1) is 14.7. The lowest BCUT2D eigenvalue weighted by Crippen LogP contribution is -2.58. The lowest BCUT2D eigenvalue weighted by molar-refractivity contribution is -0.128. The van der Waals surface area contributed by atoms with E-state index in [2.05, 4.69) is 5.32 Å². The molecule has 1 aromatic heterocycles. The topological polar surface area (TPSA) is 109 Å². The van der Waals surface area contributed by atoms with Crippen LogP contribution in [0.4, 0.5) is 8.78 Å². The number of piperidine rings is 1. The van der Waals surface area contributed by atoms with Crippen LogP contribution in [0, 0.1) is 11.6 Å². The van der Waals surface area contributed by atoms with Gasteiger partial charge in [-0.3, -0.25) is 19.2 Å². The zero-order valence-electron chi connectivity index (χ0n) is 16.5. The Morgan fingerprint density at radius 3 is 2.71 bits per heavy atom. The number of carbonyl (C=O) groups excluding carboxylic acids is 3. The molecular formula is C21H19F2N3O5. The van der Waals surface area contributed by atoms with Crippen LogP contribution in [-0.4, -0.2) is 44.3 Å². The van der Waals surface area contributed by atoms with Gasteiger partial charge < -0.3 is 19.9 Å². The monoisotopic (exact) mass is 431 g/mol. The van der Waals surface area contributed by atoms with Crippen LogP contribution >= 0.6 is 0 Å². The molecule has 4 rings (SSSR count). The van der Waals surface area contributed by atoms with E-state index < -0.39 is 46.2 Å². The minimum Gasteiger partial charge on any atom is -0.503 e. The fourth-order valence-corrected chi connectivity index (χ4v) is 4.08. The molecule has 31 heavy (non-hydrogen) atoms. The first-order valence-electron chi connectivity index (χ1n) is 9.73. The molecule has 2 aromatic rings. The summed E-state index contributed by atoms with van der Waals surface area (Å²) in [7, 11) is 0. The van der Waals surface area contributed by atoms with Crippen molar-refractivity contribution in [1.29, 1.82) is 0 Å². The molecule has 0 bridgehead atoms. The number of nitrogens with zero attached hydrogens (tertiary/aromatic N) is 2. The summed E-state index contributed by atoms with van der Waals surface area (Å²) in [6.45, 7) is 1.47. The van der Waals surface area contributed by atoms with Crippen molar-refractivity contribution in [3.8, 4) is 5.75 Å². The molecule has 3 heterocycles. The lowest BCUT2D eigenvalue weighted by atomic mass is 9.92. The van der Waals surface area contributed by atoms with Crippen molar-refractivity contribution in [3.05, 3.63) is 63.1 Å². The molecule has 0 radical (unpaired) electrons. The quantitative estimate of drug-likeness (QED) is 0.763. The van der Waals surface area contributed by atoms with Crippen molar-refractivity contribution in [2.24, 2.45) is 0 Å². The Kier molecular flexibility index (Phi) is 5.08. The fourth-order valence-electron chi connectivity index (χ4n) is 4.08. The summed E-state index contributed by atoms with van der Waals surface area (Å²) in [6, 6.07) is 1.89. The van der Waals surface area contributed by atoms with Gasteiger partial charge >= 0.3 is 0 Å². The van der Waals surface area contributed by atoms with Crippen LogP contribution in [0.25, 0.3) is 0 Å². The molecule has 1 saturated heterocycles. The van der Waals surface area contributed by atoms with E-state index in [-0.39, 0.29) is 36.2 Å². The second-order valence-electron chi connectivity index (χ2n) is 7.72. The highest BCUT2D eigenvalue weighted by Crippen LogP contribution is 2.30. The molecule has 0 saturated carbocycles. The highest BCUT2D eigenvalue weighted by molar-refractivity contribution is 6.02. The maximum absolute atomic E-state index is 13.8. The zero-order valence-corrected chi connectivity index (χ0v) is 16.5. The van der Waals surface area contributed by atoms with E-state index in [9.17, 15) is 33.1 Å². The van der Waals surface area contributed by atoms with Crippen LogP contribution in [0.5, 0.6) is 5.75 Å². The fraction of sp³-hybridized carbons (Fsp3) is 0.333. The standard InChI is InChI=1S/C21H19F2N3O5/c1-10-2-5-16(27)15-9-25-8-13(18(28)19(29)17(25)21(31)26(10)15)20(30)24-7-11-3-4-12(22)6-14(11)23/h3-4,6,8,10,15,29H,2,5,7,9H2,1H3,(H,24,30)/t10-,15+/m1/s1. The Balaban J connectivity index is 1.65. The smallest absolute Gasteiger partial charge is 0.275 e. The number of carbonyl (C=O) groups is 3. The number of benzene rings is 1. The molecule has 1 aromatic carbocycles. The summed E-state index contributed by atoms with van der Waals surface area (Å²) >= 11 is 0. The zero-order chi connectivity index (χ0) is 22.4. The van der Waals surface area contributed by atoms with Crippen LogP contribution in [0.1, 0.15) is 46.2 Å². The number of halogens is 2. The minimum atomic E-state index is -1.05. The van der Waals surface area contributed by atoms with E-state index >= 15 is 0 Å². The van der Waals surface area contributed by atoms with E-state index in [1.54, 1.807) is 6.92 Å². The first kappa shape index (κ1) is 20.7. The second kappa shape index (κ2) is 7.60. The minimum absolute atomic E-state index is 0.00430. The molecule has 2 N–H and O–H groups in total. The third-order valence-electron chi connectivity index (χ3n) is 5.75. The highest BCUT2D eigenvalue weighted by Gasteiger charge is 2.43. The van der Waals surface area contributed by atoms with Gasteiger partial charge in [-0.05, 0) is 19.4 Å². The Hall–Kier alpha value is -3.56. The third-order valence-corrected chi connectivity index (χ3v) is 5.75. The number of fused-ring (bicyclic) bond motifs is 2. The van der Waals surface area contributed by atoms with Crippen LogP contribution in [0.15, 0.2) is 29.2 Å². The van der Waals surface area contributed by atoms with Crippen molar-refractivity contribution in [1.82, 2.24) is 14.8 Å². The molecule has 2 amide bonds. The summed E-state index contributed by atoms with van der Waals surface area (Å²) in [6.07, 6.45) is 1.93. The summed E-state index contributed by atoms with van der Waals surface area (Å²) < 4.78 is 28.0. The molecule has 0 spiro atoms. The summed E-state index contributed by atoms with van der Waals surface area (Å²) in [5, 5.41) is 12.7. The number of rotatable bonds is 3. The van der Waals surface area contributed by atoms with Gasteiger partial charge in [0.25, 0.3) is 11.8 Å². The first-order valence-corrected chi connectivity index (χ1v) is 9.73. The van der Waals surface area contributed by atoms with Gasteiger partial charge in [0.2, 0.25) is 5.43 Å². The number of Topliss-reactive ketones (excluding diaryl/α,β-unsaturated/α-hetero) is 1. The molecule has 2 atom stereocenters. The average molecular weight is 431 g/mol. The second-order valence-corrected chi connectivity index (χ2v) is 7.72. The largest absolute Gasteiger partial charge is 0.503 e. The van der Waals surface area contributed by atoms with Gasteiger partial charge in [-0.2, -0.15) is 0 Å². The van der Waals surface area contributed by atoms with Crippen LogP contribution in [0.3, 0.4) is 0 Å². The Morgan fingerprint density at radius 2 is 2.00 bits per heavy atom. The third kappa shape index (κ3) is 3.47. The van der Waals surface area contributed by atoms with Crippen molar-refractivity contribution >= 4 is 17.6 Å². The highest BCUT2D eigenvalue weighted by atomic mass is 19.1. The number of hydrogen-bond acceptors (Lipinski definition) is 5. The van der Waals surface area contributed by atoms with E-state index in [0.29, 0.717) is 18.9 Å². The summed E-state index contributed by atoms with van der Waals surface area (Å²) in [5.74, 6) is -4.19.